The van der Waals surface area contributed by atoms with Gasteiger partial charge in [-0.05, 0) is 12.3 Å². The van der Waals surface area contributed by atoms with Crippen molar-refractivity contribution >= 4 is 0 Å². The molecule has 1 rings (SSSR count). The predicted octanol–water partition coefficient (Wildman–Crippen LogP) is 1.48. The second-order valence-corrected chi connectivity index (χ2v) is 5.46. The van der Waals surface area contributed by atoms with Crippen LogP contribution in [-0.4, -0.2) is 27.5 Å². The van der Waals surface area contributed by atoms with E-state index in [9.17, 15) is 5.11 Å². The van der Waals surface area contributed by atoms with Crippen LogP contribution in [0.25, 0.3) is 0 Å². The second-order valence-electron chi connectivity index (χ2n) is 5.46. The monoisotopic (exact) mass is 225 g/mol. The van der Waals surface area contributed by atoms with Crippen LogP contribution in [0.2, 0.25) is 0 Å². The number of rotatable bonds is 4. The van der Waals surface area contributed by atoms with Gasteiger partial charge in [-0.1, -0.05) is 20.8 Å². The Hall–Kier alpha value is -0.870. The van der Waals surface area contributed by atoms with Crippen molar-refractivity contribution in [3.8, 4) is 0 Å². The van der Waals surface area contributed by atoms with Gasteiger partial charge in [0.1, 0.15) is 0 Å². The summed E-state index contributed by atoms with van der Waals surface area (Å²) in [5.41, 5.74) is 1.06. The number of aliphatic hydroxyl groups excluding tert-OH is 1. The van der Waals surface area contributed by atoms with Crippen LogP contribution < -0.4 is 5.32 Å². The van der Waals surface area contributed by atoms with E-state index >= 15 is 0 Å². The Labute approximate surface area is 97.7 Å². The minimum absolute atomic E-state index is 0.0817. The average Bonchev–Trinajstić information content (AvgIpc) is 2.59. The summed E-state index contributed by atoms with van der Waals surface area (Å²) >= 11 is 0. The van der Waals surface area contributed by atoms with Gasteiger partial charge in [0.05, 0.1) is 12.3 Å². The smallest absolute Gasteiger partial charge is 0.0712 e. The lowest BCUT2D eigenvalue weighted by atomic mass is 9.89. The lowest BCUT2D eigenvalue weighted by Crippen LogP contribution is -2.37. The normalized spacial score (nSPS) is 16.1. The van der Waals surface area contributed by atoms with Crippen LogP contribution >= 0.6 is 0 Å². The molecule has 0 aliphatic rings. The molecule has 0 spiro atoms. The molecule has 1 aromatic heterocycles. The van der Waals surface area contributed by atoms with Crippen molar-refractivity contribution in [2.75, 3.05) is 6.54 Å². The molecule has 0 amide bonds. The quantitative estimate of drug-likeness (QED) is 0.816. The molecule has 4 heteroatoms. The van der Waals surface area contributed by atoms with Crippen molar-refractivity contribution in [2.24, 2.45) is 12.5 Å². The fourth-order valence-corrected chi connectivity index (χ4v) is 1.38. The van der Waals surface area contributed by atoms with E-state index in [1.54, 1.807) is 4.68 Å². The highest BCUT2D eigenvalue weighted by atomic mass is 16.3. The highest BCUT2D eigenvalue weighted by Gasteiger charge is 2.22. The molecule has 0 fully saturated rings. The lowest BCUT2D eigenvalue weighted by molar-refractivity contribution is 0.0609. The van der Waals surface area contributed by atoms with E-state index in [2.05, 4.69) is 17.3 Å². The fraction of sp³-hybridized carbons (Fsp3) is 0.750. The van der Waals surface area contributed by atoms with Crippen molar-refractivity contribution < 1.29 is 5.11 Å². The largest absolute Gasteiger partial charge is 0.391 e. The van der Waals surface area contributed by atoms with Crippen molar-refractivity contribution in [2.45, 2.75) is 39.8 Å². The number of hydrogen-bond acceptors (Lipinski definition) is 3. The minimum Gasteiger partial charge on any atom is -0.391 e. The Balaban J connectivity index is 2.44. The number of aromatic nitrogens is 2. The van der Waals surface area contributed by atoms with Crippen LogP contribution in [0, 0.1) is 5.41 Å². The molecule has 1 aromatic rings. The van der Waals surface area contributed by atoms with Crippen LogP contribution in [0.3, 0.4) is 0 Å². The molecule has 0 aliphatic carbocycles. The summed E-state index contributed by atoms with van der Waals surface area (Å²) in [4.78, 5) is 0. The maximum absolute atomic E-state index is 9.90. The van der Waals surface area contributed by atoms with Gasteiger partial charge in [-0.2, -0.15) is 5.10 Å². The zero-order valence-electron chi connectivity index (χ0n) is 10.9. The number of hydrogen-bond donors (Lipinski definition) is 2. The Morgan fingerprint density at radius 2 is 2.12 bits per heavy atom. The lowest BCUT2D eigenvalue weighted by Gasteiger charge is -2.27. The minimum atomic E-state index is -0.341. The van der Waals surface area contributed by atoms with E-state index in [0.717, 1.165) is 5.56 Å². The van der Waals surface area contributed by atoms with Crippen LogP contribution in [0.5, 0.6) is 0 Å². The third-order valence-corrected chi connectivity index (χ3v) is 2.84. The van der Waals surface area contributed by atoms with Gasteiger partial charge in [0.2, 0.25) is 0 Å². The summed E-state index contributed by atoms with van der Waals surface area (Å²) in [5, 5.41) is 17.3. The molecular weight excluding hydrogens is 202 g/mol. The highest BCUT2D eigenvalue weighted by Crippen LogP contribution is 2.19. The Morgan fingerprint density at radius 3 is 2.56 bits per heavy atom. The molecule has 2 unspecified atom stereocenters. The fourth-order valence-electron chi connectivity index (χ4n) is 1.38. The Bertz CT molecular complexity index is 327. The molecule has 0 bridgehead atoms. The average molecular weight is 225 g/mol. The Morgan fingerprint density at radius 1 is 1.50 bits per heavy atom. The van der Waals surface area contributed by atoms with Crippen molar-refractivity contribution in [3.05, 3.63) is 18.0 Å². The van der Waals surface area contributed by atoms with Gasteiger partial charge in [0.25, 0.3) is 0 Å². The van der Waals surface area contributed by atoms with Crippen LogP contribution in [-0.2, 0) is 7.05 Å². The van der Waals surface area contributed by atoms with Gasteiger partial charge in [0, 0.05) is 31.4 Å². The van der Waals surface area contributed by atoms with Gasteiger partial charge in [0.15, 0.2) is 0 Å². The first-order valence-corrected chi connectivity index (χ1v) is 5.70. The van der Waals surface area contributed by atoms with Crippen LogP contribution in [0.1, 0.15) is 39.3 Å². The van der Waals surface area contributed by atoms with E-state index in [-0.39, 0.29) is 17.6 Å². The SMILES string of the molecule is CC(NCC(O)C(C)(C)C)c1cnn(C)c1. The molecular formula is C12H23N3O. The van der Waals surface area contributed by atoms with E-state index in [0.29, 0.717) is 6.54 Å². The molecule has 0 saturated carbocycles. The maximum Gasteiger partial charge on any atom is 0.0712 e. The summed E-state index contributed by atoms with van der Waals surface area (Å²) in [6.45, 7) is 8.78. The van der Waals surface area contributed by atoms with E-state index in [4.69, 9.17) is 0 Å². The third kappa shape index (κ3) is 3.61. The van der Waals surface area contributed by atoms with Crippen molar-refractivity contribution in [1.82, 2.24) is 15.1 Å². The number of aryl methyl sites for hydroxylation is 1. The van der Waals surface area contributed by atoms with Gasteiger partial charge in [-0.3, -0.25) is 4.68 Å². The maximum atomic E-state index is 9.90. The number of nitrogens with zero attached hydrogens (tertiary/aromatic N) is 2. The molecule has 0 aliphatic heterocycles. The molecule has 0 saturated heterocycles. The summed E-state index contributed by atoms with van der Waals surface area (Å²) in [5.74, 6) is 0. The summed E-state index contributed by atoms with van der Waals surface area (Å²) < 4.78 is 1.79. The highest BCUT2D eigenvalue weighted by molar-refractivity contribution is 5.08. The second kappa shape index (κ2) is 4.97. The molecule has 2 atom stereocenters. The van der Waals surface area contributed by atoms with Crippen molar-refractivity contribution in [3.63, 3.8) is 0 Å². The van der Waals surface area contributed by atoms with E-state index in [1.807, 2.05) is 40.2 Å². The molecule has 2 N–H and O–H groups in total. The summed E-state index contributed by atoms with van der Waals surface area (Å²) in [6, 6.07) is 0.214. The zero-order valence-corrected chi connectivity index (χ0v) is 10.9. The number of nitrogens with one attached hydrogen (secondary N) is 1. The summed E-state index contributed by atoms with van der Waals surface area (Å²) in [6.07, 6.45) is 3.49. The van der Waals surface area contributed by atoms with Crippen LogP contribution in [0.4, 0.5) is 0 Å². The first kappa shape index (κ1) is 13.2. The molecule has 92 valence electrons. The molecule has 0 radical (unpaired) electrons. The topological polar surface area (TPSA) is 50.1 Å². The molecule has 4 nitrogen and oxygen atoms in total. The first-order chi connectivity index (χ1) is 7.30. The van der Waals surface area contributed by atoms with Gasteiger partial charge >= 0.3 is 0 Å². The van der Waals surface area contributed by atoms with Crippen LogP contribution in [0.15, 0.2) is 12.4 Å². The van der Waals surface area contributed by atoms with E-state index in [1.165, 1.54) is 0 Å². The predicted molar refractivity (Wildman–Crippen MR) is 65.1 cm³/mol. The Kier molecular flexibility index (Phi) is 4.10. The molecule has 1 heterocycles. The standard InChI is InChI=1S/C12H23N3O/c1-9(10-6-14-15(5)8-10)13-7-11(16)12(2,3)4/h6,8-9,11,13,16H,7H2,1-5H3. The van der Waals surface area contributed by atoms with Crippen molar-refractivity contribution in [1.29, 1.82) is 0 Å². The molecule has 16 heavy (non-hydrogen) atoms. The van der Waals surface area contributed by atoms with Gasteiger partial charge < -0.3 is 10.4 Å². The van der Waals surface area contributed by atoms with Gasteiger partial charge in [-0.15, -0.1) is 0 Å². The van der Waals surface area contributed by atoms with Gasteiger partial charge in [-0.25, -0.2) is 0 Å². The number of aliphatic hydroxyl groups is 1. The van der Waals surface area contributed by atoms with E-state index < -0.39 is 0 Å². The summed E-state index contributed by atoms with van der Waals surface area (Å²) in [7, 11) is 1.90. The molecule has 0 aromatic carbocycles. The third-order valence-electron chi connectivity index (χ3n) is 2.84. The first-order valence-electron chi connectivity index (χ1n) is 5.70. The zero-order chi connectivity index (χ0) is 12.3.